The molecule has 0 atom stereocenters. The topological polar surface area (TPSA) is 102 Å². The van der Waals surface area contributed by atoms with Gasteiger partial charge in [-0.2, -0.15) is 0 Å². The number of rotatable bonds is 3. The molecule has 0 aliphatic rings. The number of carbonyl (C=O) groups excluding carboxylic acids is 1. The van der Waals surface area contributed by atoms with Crippen molar-refractivity contribution < 1.29 is 23.2 Å². The van der Waals surface area contributed by atoms with E-state index >= 15 is 0 Å². The molecular formula is C8H6F2N2O5. The summed E-state index contributed by atoms with van der Waals surface area (Å²) in [6.45, 7) is 0. The number of methoxy groups -OCH3 is 1. The van der Waals surface area contributed by atoms with E-state index in [4.69, 9.17) is 0 Å². The second-order valence-corrected chi connectivity index (χ2v) is 2.86. The van der Waals surface area contributed by atoms with Gasteiger partial charge >= 0.3 is 5.97 Å². The normalized spacial score (nSPS) is 10.4. The van der Waals surface area contributed by atoms with E-state index in [-0.39, 0.29) is 0 Å². The van der Waals surface area contributed by atoms with E-state index in [1.54, 1.807) is 4.98 Å². The SMILES string of the molecule is COC(=O)c1c([N+](=O)[O-])cc(C(F)F)[nH]c1=O. The maximum absolute atomic E-state index is 12.3. The molecule has 0 radical (unpaired) electrons. The molecule has 1 N–H and O–H groups in total. The molecule has 0 saturated carbocycles. The van der Waals surface area contributed by atoms with Crippen LogP contribution in [0.15, 0.2) is 10.9 Å². The zero-order valence-electron chi connectivity index (χ0n) is 8.40. The maximum atomic E-state index is 12.3. The first-order valence-corrected chi connectivity index (χ1v) is 4.16. The van der Waals surface area contributed by atoms with E-state index < -0.39 is 39.8 Å². The molecule has 0 bridgehead atoms. The standard InChI is InChI=1S/C8H6F2N2O5/c1-17-8(14)5-4(12(15)16)2-3(6(9)10)11-7(5)13/h2,6H,1H3,(H,11,13). The first-order valence-electron chi connectivity index (χ1n) is 4.16. The lowest BCUT2D eigenvalue weighted by Crippen LogP contribution is -2.22. The number of ether oxygens (including phenoxy) is 1. The van der Waals surface area contributed by atoms with E-state index in [1.807, 2.05) is 0 Å². The van der Waals surface area contributed by atoms with Crippen LogP contribution in [-0.4, -0.2) is 23.0 Å². The third-order valence-electron chi connectivity index (χ3n) is 1.85. The fourth-order valence-corrected chi connectivity index (χ4v) is 1.13. The van der Waals surface area contributed by atoms with Crippen LogP contribution in [-0.2, 0) is 4.74 Å². The fourth-order valence-electron chi connectivity index (χ4n) is 1.13. The third-order valence-corrected chi connectivity index (χ3v) is 1.85. The number of nitrogens with one attached hydrogen (secondary N) is 1. The van der Waals surface area contributed by atoms with E-state index in [2.05, 4.69) is 4.74 Å². The van der Waals surface area contributed by atoms with Gasteiger partial charge in [0.2, 0.25) is 5.56 Å². The molecule has 0 aliphatic heterocycles. The summed E-state index contributed by atoms with van der Waals surface area (Å²) in [6.07, 6.45) is -3.09. The number of halogens is 2. The van der Waals surface area contributed by atoms with Crippen molar-refractivity contribution in [1.82, 2.24) is 4.98 Å². The lowest BCUT2D eigenvalue weighted by molar-refractivity contribution is -0.385. The summed E-state index contributed by atoms with van der Waals surface area (Å²) in [4.78, 5) is 33.5. The third kappa shape index (κ3) is 2.44. The van der Waals surface area contributed by atoms with Crippen molar-refractivity contribution in [3.8, 4) is 0 Å². The van der Waals surface area contributed by atoms with Crippen LogP contribution < -0.4 is 5.56 Å². The number of esters is 1. The Balaban J connectivity index is 3.55. The number of hydrogen-bond donors (Lipinski definition) is 1. The van der Waals surface area contributed by atoms with Gasteiger partial charge in [0.05, 0.1) is 17.7 Å². The van der Waals surface area contributed by atoms with Gasteiger partial charge in [-0.1, -0.05) is 0 Å². The Bertz CT molecular complexity index is 525. The number of aromatic nitrogens is 1. The largest absolute Gasteiger partial charge is 0.465 e. The first kappa shape index (κ1) is 12.7. The van der Waals surface area contributed by atoms with Gasteiger partial charge < -0.3 is 9.72 Å². The minimum Gasteiger partial charge on any atom is -0.465 e. The second kappa shape index (κ2) is 4.68. The van der Waals surface area contributed by atoms with Crippen LogP contribution in [0.4, 0.5) is 14.5 Å². The number of carbonyl (C=O) groups is 1. The molecule has 92 valence electrons. The highest BCUT2D eigenvalue weighted by Gasteiger charge is 2.27. The van der Waals surface area contributed by atoms with Crippen LogP contribution in [0.5, 0.6) is 0 Å². The van der Waals surface area contributed by atoms with E-state index in [9.17, 15) is 28.5 Å². The van der Waals surface area contributed by atoms with Gasteiger partial charge in [0, 0.05) is 6.07 Å². The number of nitro groups is 1. The Hall–Kier alpha value is -2.32. The summed E-state index contributed by atoms with van der Waals surface area (Å²) < 4.78 is 28.7. The Morgan fingerprint density at radius 1 is 1.59 bits per heavy atom. The molecule has 1 aromatic rings. The number of alkyl halides is 2. The van der Waals surface area contributed by atoms with E-state index in [1.165, 1.54) is 0 Å². The van der Waals surface area contributed by atoms with Gasteiger partial charge in [0.1, 0.15) is 0 Å². The highest BCUT2D eigenvalue weighted by molar-refractivity contribution is 5.93. The molecule has 1 heterocycles. The summed E-state index contributed by atoms with van der Waals surface area (Å²) in [5.41, 5.74) is -4.16. The zero-order valence-corrected chi connectivity index (χ0v) is 8.40. The van der Waals surface area contributed by atoms with E-state index in [0.717, 1.165) is 7.11 Å². The van der Waals surface area contributed by atoms with Crippen LogP contribution in [0, 0.1) is 10.1 Å². The molecule has 17 heavy (non-hydrogen) atoms. The van der Waals surface area contributed by atoms with Gasteiger partial charge in [-0.15, -0.1) is 0 Å². The van der Waals surface area contributed by atoms with E-state index in [0.29, 0.717) is 6.07 Å². The van der Waals surface area contributed by atoms with Crippen molar-refractivity contribution >= 4 is 11.7 Å². The average molecular weight is 248 g/mol. The lowest BCUT2D eigenvalue weighted by atomic mass is 10.2. The minimum absolute atomic E-state index is 0.429. The molecule has 0 amide bonds. The maximum Gasteiger partial charge on any atom is 0.350 e. The number of nitrogens with zero attached hydrogens (tertiary/aromatic N) is 1. The van der Waals surface area contributed by atoms with Crippen molar-refractivity contribution in [2.24, 2.45) is 0 Å². The van der Waals surface area contributed by atoms with Gasteiger partial charge in [0.15, 0.2) is 0 Å². The molecule has 0 unspecified atom stereocenters. The molecule has 0 aliphatic carbocycles. The Labute approximate surface area is 92.2 Å². The molecule has 0 saturated heterocycles. The van der Waals surface area contributed by atoms with Crippen LogP contribution in [0.2, 0.25) is 0 Å². The zero-order chi connectivity index (χ0) is 13.2. The van der Waals surface area contributed by atoms with Crippen LogP contribution in [0.3, 0.4) is 0 Å². The number of aromatic amines is 1. The molecule has 1 rings (SSSR count). The highest BCUT2D eigenvalue weighted by Crippen LogP contribution is 2.22. The monoisotopic (exact) mass is 248 g/mol. The molecule has 0 fully saturated rings. The summed E-state index contributed by atoms with van der Waals surface area (Å²) >= 11 is 0. The summed E-state index contributed by atoms with van der Waals surface area (Å²) in [5.74, 6) is -1.27. The van der Waals surface area contributed by atoms with Gasteiger partial charge in [0.25, 0.3) is 17.7 Å². The van der Waals surface area contributed by atoms with Crippen molar-refractivity contribution in [1.29, 1.82) is 0 Å². The predicted molar refractivity (Wildman–Crippen MR) is 50.0 cm³/mol. The second-order valence-electron chi connectivity index (χ2n) is 2.86. The first-order chi connectivity index (χ1) is 7.88. The molecule has 7 nitrogen and oxygen atoms in total. The van der Waals surface area contributed by atoms with Crippen molar-refractivity contribution in [3.05, 3.63) is 37.8 Å². The summed E-state index contributed by atoms with van der Waals surface area (Å²) in [6, 6.07) is 0.429. The lowest BCUT2D eigenvalue weighted by Gasteiger charge is -2.03. The average Bonchev–Trinajstić information content (AvgIpc) is 2.26. The van der Waals surface area contributed by atoms with Gasteiger partial charge in [-0.05, 0) is 0 Å². The molecule has 0 spiro atoms. The Morgan fingerprint density at radius 2 is 2.18 bits per heavy atom. The smallest absolute Gasteiger partial charge is 0.350 e. The van der Waals surface area contributed by atoms with Gasteiger partial charge in [-0.3, -0.25) is 14.9 Å². The highest BCUT2D eigenvalue weighted by atomic mass is 19.3. The van der Waals surface area contributed by atoms with Crippen molar-refractivity contribution in [3.63, 3.8) is 0 Å². The van der Waals surface area contributed by atoms with Crippen molar-refractivity contribution in [2.45, 2.75) is 6.43 Å². The van der Waals surface area contributed by atoms with Crippen LogP contribution in [0.1, 0.15) is 22.5 Å². The van der Waals surface area contributed by atoms with Gasteiger partial charge in [-0.25, -0.2) is 13.6 Å². The van der Waals surface area contributed by atoms with Crippen LogP contribution in [0.25, 0.3) is 0 Å². The summed E-state index contributed by atoms with van der Waals surface area (Å²) in [5, 5.41) is 10.6. The Morgan fingerprint density at radius 3 is 2.59 bits per heavy atom. The summed E-state index contributed by atoms with van der Waals surface area (Å²) in [7, 11) is 0.909. The quantitative estimate of drug-likeness (QED) is 0.488. The molecule has 0 aromatic carbocycles. The predicted octanol–water partition coefficient (Wildman–Crippen LogP) is 1.01. The molecular weight excluding hydrogens is 242 g/mol. The minimum atomic E-state index is -3.09. The molecule has 1 aromatic heterocycles. The Kier molecular flexibility index (Phi) is 3.51. The molecule has 9 heteroatoms. The number of pyridine rings is 1. The fraction of sp³-hybridized carbons (Fsp3) is 0.250. The van der Waals surface area contributed by atoms with Crippen molar-refractivity contribution in [2.75, 3.05) is 7.11 Å². The van der Waals surface area contributed by atoms with Crippen LogP contribution >= 0.6 is 0 Å². The number of hydrogen-bond acceptors (Lipinski definition) is 5. The number of H-pyrrole nitrogens is 1.